The summed E-state index contributed by atoms with van der Waals surface area (Å²) in [5, 5.41) is 31.1. The zero-order chi connectivity index (χ0) is 29.5. The smallest absolute Gasteiger partial charge is 0.296 e. The van der Waals surface area contributed by atoms with E-state index in [4.69, 9.17) is 12.6 Å². The number of azo groups is 2. The van der Waals surface area contributed by atoms with Gasteiger partial charge in [0, 0.05) is 22.2 Å². The lowest BCUT2D eigenvalue weighted by atomic mass is 9.92. The molecule has 0 saturated carbocycles. The molecule has 204 valence electrons. The summed E-state index contributed by atoms with van der Waals surface area (Å²) in [6, 6.07) is 19.1. The number of nitrogens with zero attached hydrogens (tertiary/aromatic N) is 4. The van der Waals surface area contributed by atoms with Gasteiger partial charge < -0.3 is 9.84 Å². The third-order valence-electron chi connectivity index (χ3n) is 6.68. The van der Waals surface area contributed by atoms with Crippen molar-refractivity contribution in [3.8, 4) is 11.5 Å². The van der Waals surface area contributed by atoms with Gasteiger partial charge in [-0.15, -0.1) is 20.5 Å². The highest BCUT2D eigenvalue weighted by atomic mass is 32.2. The zero-order valence-electron chi connectivity index (χ0n) is 22.7. The van der Waals surface area contributed by atoms with Crippen LogP contribution < -0.4 is 10.2 Å². The lowest BCUT2D eigenvalue weighted by molar-refractivity contribution is 0.416. The molecule has 9 nitrogen and oxygen atoms in total. The van der Waals surface area contributed by atoms with Crippen LogP contribution >= 0.6 is 0 Å². The molecule has 0 bridgehead atoms. The van der Waals surface area contributed by atoms with Gasteiger partial charge in [0.15, 0.2) is 5.75 Å². The average molecular weight is 564 g/mol. The fourth-order valence-electron chi connectivity index (χ4n) is 4.77. The van der Waals surface area contributed by atoms with Gasteiger partial charge in [0.2, 0.25) is 0 Å². The number of aromatic hydroxyl groups is 1. The molecular weight excluding hydrogens is 539 g/mol. The van der Waals surface area contributed by atoms with Crippen LogP contribution in [0.15, 0.2) is 92.1 Å². The second-order valence-electron chi connectivity index (χ2n) is 9.67. The topological polar surface area (TPSA) is 133 Å². The van der Waals surface area contributed by atoms with Crippen LogP contribution in [0, 0.1) is 20.8 Å². The van der Waals surface area contributed by atoms with Gasteiger partial charge in [-0.25, -0.2) is 0 Å². The summed E-state index contributed by atoms with van der Waals surface area (Å²) in [5.74, 6) is 0.322. The Kier molecular flexibility index (Phi) is 7.33. The third kappa shape index (κ3) is 5.41. The lowest BCUT2D eigenvalue weighted by Crippen LogP contribution is -2.00. The first-order valence-electron chi connectivity index (χ1n) is 12.5. The molecule has 5 aromatic carbocycles. The van der Waals surface area contributed by atoms with Crippen molar-refractivity contribution in [3.63, 3.8) is 0 Å². The van der Waals surface area contributed by atoms with Gasteiger partial charge in [0.05, 0.1) is 12.8 Å². The standard InChI is InChI=1S/C30H25BN4O5S/c1-16-11-17(2)27(26(12-16)41(37,38)39)33-32-24-15-25(40-4)29(23-8-6-5-7-22(23)24)35-34-28-18(3)13-19-14-20(31)9-10-21(19)30(28)36/h5-15,36H,1-4H3,(H,37,38,39). The van der Waals surface area contributed by atoms with E-state index in [0.29, 0.717) is 61.1 Å². The molecule has 41 heavy (non-hydrogen) atoms. The van der Waals surface area contributed by atoms with Gasteiger partial charge in [0.1, 0.15) is 35.6 Å². The predicted molar refractivity (Wildman–Crippen MR) is 160 cm³/mol. The van der Waals surface area contributed by atoms with E-state index in [0.717, 1.165) is 5.39 Å². The summed E-state index contributed by atoms with van der Waals surface area (Å²) in [4.78, 5) is -0.325. The average Bonchev–Trinajstić information content (AvgIpc) is 2.91. The zero-order valence-corrected chi connectivity index (χ0v) is 23.6. The fourth-order valence-corrected chi connectivity index (χ4v) is 5.55. The number of aryl methyl sites for hydroxylation is 3. The van der Waals surface area contributed by atoms with Crippen molar-refractivity contribution in [2.24, 2.45) is 20.5 Å². The summed E-state index contributed by atoms with van der Waals surface area (Å²) < 4.78 is 39.5. The van der Waals surface area contributed by atoms with Gasteiger partial charge in [-0.3, -0.25) is 4.55 Å². The molecule has 0 amide bonds. The number of rotatable bonds is 6. The minimum Gasteiger partial charge on any atom is -0.505 e. The maximum Gasteiger partial charge on any atom is 0.296 e. The minimum atomic E-state index is -4.53. The Balaban J connectivity index is 1.64. The van der Waals surface area contributed by atoms with E-state index in [2.05, 4.69) is 20.5 Å². The quantitative estimate of drug-likeness (QED) is 0.125. The first-order valence-corrected chi connectivity index (χ1v) is 14.0. The van der Waals surface area contributed by atoms with E-state index in [-0.39, 0.29) is 16.3 Å². The summed E-state index contributed by atoms with van der Waals surface area (Å²) in [7, 11) is 2.84. The second kappa shape index (κ2) is 10.8. The Labute approximate surface area is 238 Å². The first-order chi connectivity index (χ1) is 19.5. The second-order valence-corrected chi connectivity index (χ2v) is 11.1. The third-order valence-corrected chi connectivity index (χ3v) is 7.54. The predicted octanol–water partition coefficient (Wildman–Crippen LogP) is 7.50. The molecule has 0 aromatic heterocycles. The van der Waals surface area contributed by atoms with Crippen LogP contribution in [0.2, 0.25) is 0 Å². The Bertz CT molecular complexity index is 2020. The molecular formula is C30H25BN4O5S. The van der Waals surface area contributed by atoms with Gasteiger partial charge >= 0.3 is 0 Å². The summed E-state index contributed by atoms with van der Waals surface area (Å²) in [5.41, 5.74) is 3.64. The molecule has 5 aromatic rings. The maximum atomic E-state index is 12.0. The highest BCUT2D eigenvalue weighted by Gasteiger charge is 2.19. The highest BCUT2D eigenvalue weighted by Crippen LogP contribution is 2.45. The first kappa shape index (κ1) is 27.9. The largest absolute Gasteiger partial charge is 0.505 e. The summed E-state index contributed by atoms with van der Waals surface area (Å²) in [6.45, 7) is 5.24. The minimum absolute atomic E-state index is 0.0134. The van der Waals surface area contributed by atoms with E-state index < -0.39 is 10.1 Å². The van der Waals surface area contributed by atoms with E-state index in [1.165, 1.54) is 13.2 Å². The normalized spacial score (nSPS) is 12.2. The molecule has 11 heteroatoms. The molecule has 0 saturated heterocycles. The molecule has 0 heterocycles. The Morgan fingerprint density at radius 2 is 1.41 bits per heavy atom. The van der Waals surface area contributed by atoms with Crippen LogP contribution in [0.5, 0.6) is 11.5 Å². The van der Waals surface area contributed by atoms with Crippen LogP contribution in [-0.4, -0.2) is 33.0 Å². The SMILES string of the molecule is [B]c1ccc2c(O)c(N=Nc3c(OC)cc(N=Nc4c(C)cc(C)cc4S(=O)(=O)O)c4ccccc34)c(C)cc2c1. The molecule has 2 radical (unpaired) electrons. The summed E-state index contributed by atoms with van der Waals surface area (Å²) >= 11 is 0. The van der Waals surface area contributed by atoms with Gasteiger partial charge in [0.25, 0.3) is 10.1 Å². The number of methoxy groups -OCH3 is 1. The van der Waals surface area contributed by atoms with Crippen molar-refractivity contribution in [2.45, 2.75) is 25.7 Å². The number of benzene rings is 5. The van der Waals surface area contributed by atoms with Crippen LogP contribution in [0.3, 0.4) is 0 Å². The van der Waals surface area contributed by atoms with Crippen LogP contribution in [0.1, 0.15) is 16.7 Å². The van der Waals surface area contributed by atoms with Crippen molar-refractivity contribution in [1.29, 1.82) is 0 Å². The number of hydrogen-bond acceptors (Lipinski definition) is 8. The molecule has 0 aliphatic heterocycles. The molecule has 0 unspecified atom stereocenters. The summed E-state index contributed by atoms with van der Waals surface area (Å²) in [6.07, 6.45) is 0. The number of phenolic OH excluding ortho intramolecular Hbond substituents is 1. The number of fused-ring (bicyclic) bond motifs is 2. The van der Waals surface area contributed by atoms with E-state index in [1.807, 2.05) is 37.3 Å². The molecule has 2 N–H and O–H groups in total. The molecule has 0 fully saturated rings. The van der Waals surface area contributed by atoms with E-state index >= 15 is 0 Å². The monoisotopic (exact) mass is 564 g/mol. The fraction of sp³-hybridized carbons (Fsp3) is 0.133. The van der Waals surface area contributed by atoms with Gasteiger partial charge in [-0.2, -0.15) is 8.42 Å². The van der Waals surface area contributed by atoms with E-state index in [9.17, 15) is 18.1 Å². The molecule has 0 aliphatic carbocycles. The van der Waals surface area contributed by atoms with Crippen molar-refractivity contribution < 1.29 is 22.8 Å². The van der Waals surface area contributed by atoms with Crippen LogP contribution in [0.4, 0.5) is 22.7 Å². The van der Waals surface area contributed by atoms with Gasteiger partial charge in [-0.1, -0.05) is 54.0 Å². The molecule has 0 atom stereocenters. The number of phenols is 1. The van der Waals surface area contributed by atoms with Gasteiger partial charge in [-0.05, 0) is 55.0 Å². The highest BCUT2D eigenvalue weighted by molar-refractivity contribution is 7.86. The molecule has 5 rings (SSSR count). The Hall–Kier alpha value is -4.61. The maximum absolute atomic E-state index is 12.0. The van der Waals surface area contributed by atoms with Crippen molar-refractivity contribution in [1.82, 2.24) is 0 Å². The molecule has 0 aliphatic rings. The Morgan fingerprint density at radius 3 is 2.12 bits per heavy atom. The van der Waals surface area contributed by atoms with Crippen LogP contribution in [0.25, 0.3) is 21.5 Å². The molecule has 0 spiro atoms. The van der Waals surface area contributed by atoms with E-state index in [1.54, 1.807) is 44.2 Å². The number of ether oxygens (including phenoxy) is 1. The number of hydrogen-bond donors (Lipinski definition) is 2. The van der Waals surface area contributed by atoms with Crippen molar-refractivity contribution >= 4 is 67.7 Å². The lowest BCUT2D eigenvalue weighted by Gasteiger charge is -2.12. The van der Waals surface area contributed by atoms with Crippen molar-refractivity contribution in [2.75, 3.05) is 7.11 Å². The van der Waals surface area contributed by atoms with Crippen molar-refractivity contribution in [3.05, 3.63) is 83.4 Å². The Morgan fingerprint density at radius 1 is 0.756 bits per heavy atom. The van der Waals surface area contributed by atoms with Crippen LogP contribution in [-0.2, 0) is 10.1 Å².